The summed E-state index contributed by atoms with van der Waals surface area (Å²) in [6.45, 7) is 2.72. The molecule has 1 atom stereocenters. The Morgan fingerprint density at radius 2 is 1.90 bits per heavy atom. The third-order valence-corrected chi connectivity index (χ3v) is 3.89. The highest BCUT2D eigenvalue weighted by atomic mass is 16.5. The zero-order chi connectivity index (χ0) is 14.0. The first-order valence-corrected chi connectivity index (χ1v) is 6.91. The van der Waals surface area contributed by atoms with Crippen molar-refractivity contribution in [2.75, 3.05) is 18.5 Å². The molecule has 1 aliphatic heterocycles. The smallest absolute Gasteiger partial charge is 0.124 e. The molecule has 3 rings (SSSR count). The van der Waals surface area contributed by atoms with E-state index in [0.29, 0.717) is 6.61 Å². The summed E-state index contributed by atoms with van der Waals surface area (Å²) >= 11 is 0. The minimum atomic E-state index is -0.468. The van der Waals surface area contributed by atoms with Crippen molar-refractivity contribution in [3.8, 4) is 5.75 Å². The monoisotopic (exact) mass is 269 g/mol. The standard InChI is InChI=1S/C17H19NO2/c1-13-6-8-14(9-7-13)18-17(12-19)10-11-20-16-5-3-2-4-15(16)17/h2-9,18-19H,10-12H2,1H3. The van der Waals surface area contributed by atoms with E-state index in [1.807, 2.05) is 36.4 Å². The summed E-state index contributed by atoms with van der Waals surface area (Å²) in [6.07, 6.45) is 0.744. The van der Waals surface area contributed by atoms with E-state index in [2.05, 4.69) is 24.4 Å². The highest BCUT2D eigenvalue weighted by Gasteiger charge is 2.37. The van der Waals surface area contributed by atoms with Crippen molar-refractivity contribution >= 4 is 5.69 Å². The van der Waals surface area contributed by atoms with Crippen molar-refractivity contribution in [1.29, 1.82) is 0 Å². The average molecular weight is 269 g/mol. The van der Waals surface area contributed by atoms with Gasteiger partial charge in [0.1, 0.15) is 5.75 Å². The quantitative estimate of drug-likeness (QED) is 0.899. The SMILES string of the molecule is Cc1ccc(NC2(CO)CCOc3ccccc32)cc1. The molecule has 2 aromatic carbocycles. The summed E-state index contributed by atoms with van der Waals surface area (Å²) in [5.74, 6) is 0.854. The maximum Gasteiger partial charge on any atom is 0.124 e. The van der Waals surface area contributed by atoms with Crippen LogP contribution in [0, 0.1) is 6.92 Å². The van der Waals surface area contributed by atoms with Crippen molar-refractivity contribution in [2.45, 2.75) is 18.9 Å². The second-order valence-corrected chi connectivity index (χ2v) is 5.33. The number of benzene rings is 2. The van der Waals surface area contributed by atoms with Gasteiger partial charge in [-0.15, -0.1) is 0 Å². The van der Waals surface area contributed by atoms with Gasteiger partial charge >= 0.3 is 0 Å². The number of nitrogens with one attached hydrogen (secondary N) is 1. The van der Waals surface area contributed by atoms with Crippen LogP contribution in [0.25, 0.3) is 0 Å². The van der Waals surface area contributed by atoms with E-state index in [0.717, 1.165) is 23.4 Å². The predicted molar refractivity (Wildman–Crippen MR) is 80.1 cm³/mol. The lowest BCUT2D eigenvalue weighted by Gasteiger charge is -2.39. The first-order valence-electron chi connectivity index (χ1n) is 6.91. The normalized spacial score (nSPS) is 20.9. The number of para-hydroxylation sites is 1. The fraction of sp³-hybridized carbons (Fsp3) is 0.294. The molecule has 0 amide bonds. The van der Waals surface area contributed by atoms with Gasteiger partial charge in [0.25, 0.3) is 0 Å². The third-order valence-electron chi connectivity index (χ3n) is 3.89. The number of aliphatic hydroxyl groups excluding tert-OH is 1. The number of hydrogen-bond acceptors (Lipinski definition) is 3. The van der Waals surface area contributed by atoms with Gasteiger partial charge in [0, 0.05) is 17.7 Å². The Morgan fingerprint density at radius 3 is 2.65 bits per heavy atom. The molecule has 0 aromatic heterocycles. The molecule has 1 heterocycles. The first kappa shape index (κ1) is 13.0. The Hall–Kier alpha value is -2.00. The molecule has 0 aliphatic carbocycles. The van der Waals surface area contributed by atoms with Crippen molar-refractivity contribution in [3.63, 3.8) is 0 Å². The molecule has 0 fully saturated rings. The Morgan fingerprint density at radius 1 is 1.15 bits per heavy atom. The van der Waals surface area contributed by atoms with Crippen molar-refractivity contribution < 1.29 is 9.84 Å². The van der Waals surface area contributed by atoms with E-state index < -0.39 is 5.54 Å². The molecule has 0 bridgehead atoms. The van der Waals surface area contributed by atoms with E-state index in [4.69, 9.17) is 4.74 Å². The van der Waals surface area contributed by atoms with Gasteiger partial charge in [0.2, 0.25) is 0 Å². The van der Waals surface area contributed by atoms with Crippen molar-refractivity contribution in [2.24, 2.45) is 0 Å². The third kappa shape index (κ3) is 2.25. The number of hydrogen-bond donors (Lipinski definition) is 2. The summed E-state index contributed by atoms with van der Waals surface area (Å²) in [5, 5.41) is 13.5. The summed E-state index contributed by atoms with van der Waals surface area (Å²) in [7, 11) is 0. The molecule has 3 heteroatoms. The number of rotatable bonds is 3. The van der Waals surface area contributed by atoms with Crippen LogP contribution < -0.4 is 10.1 Å². The average Bonchev–Trinajstić information content (AvgIpc) is 2.50. The number of fused-ring (bicyclic) bond motifs is 1. The Balaban J connectivity index is 1.98. The van der Waals surface area contributed by atoms with Crippen LogP contribution >= 0.6 is 0 Å². The van der Waals surface area contributed by atoms with Gasteiger partial charge in [-0.25, -0.2) is 0 Å². The summed E-state index contributed by atoms with van der Waals surface area (Å²) < 4.78 is 5.69. The molecule has 20 heavy (non-hydrogen) atoms. The van der Waals surface area contributed by atoms with Crippen LogP contribution in [0.4, 0.5) is 5.69 Å². The van der Waals surface area contributed by atoms with Crippen LogP contribution in [0.2, 0.25) is 0 Å². The first-order chi connectivity index (χ1) is 9.73. The molecule has 0 spiro atoms. The van der Waals surface area contributed by atoms with Gasteiger partial charge in [0.15, 0.2) is 0 Å². The molecule has 2 N–H and O–H groups in total. The maximum absolute atomic E-state index is 9.99. The number of aliphatic hydroxyl groups is 1. The number of ether oxygens (including phenoxy) is 1. The fourth-order valence-electron chi connectivity index (χ4n) is 2.70. The molecule has 2 aromatic rings. The van der Waals surface area contributed by atoms with Gasteiger partial charge in [-0.1, -0.05) is 35.9 Å². The predicted octanol–water partition coefficient (Wildman–Crippen LogP) is 3.08. The minimum Gasteiger partial charge on any atom is -0.493 e. The van der Waals surface area contributed by atoms with Crippen molar-refractivity contribution in [3.05, 3.63) is 59.7 Å². The molecule has 0 radical (unpaired) electrons. The summed E-state index contributed by atoms with van der Waals surface area (Å²) in [6, 6.07) is 16.1. The van der Waals surface area contributed by atoms with Gasteiger partial charge in [-0.3, -0.25) is 0 Å². The molecule has 3 nitrogen and oxygen atoms in total. The molecule has 104 valence electrons. The van der Waals surface area contributed by atoms with E-state index >= 15 is 0 Å². The van der Waals surface area contributed by atoms with Crippen LogP contribution in [-0.2, 0) is 5.54 Å². The summed E-state index contributed by atoms with van der Waals surface area (Å²) in [4.78, 5) is 0. The Kier molecular flexibility index (Phi) is 3.36. The van der Waals surface area contributed by atoms with Crippen LogP contribution in [0.5, 0.6) is 5.75 Å². The lowest BCUT2D eigenvalue weighted by atomic mass is 9.85. The fourth-order valence-corrected chi connectivity index (χ4v) is 2.70. The minimum absolute atomic E-state index is 0.0429. The zero-order valence-electron chi connectivity index (χ0n) is 11.6. The van der Waals surface area contributed by atoms with Crippen molar-refractivity contribution in [1.82, 2.24) is 0 Å². The summed E-state index contributed by atoms with van der Waals surface area (Å²) in [5.41, 5.74) is 2.79. The van der Waals surface area contributed by atoms with Crippen LogP contribution in [0.15, 0.2) is 48.5 Å². The molecule has 1 unspecified atom stereocenters. The van der Waals surface area contributed by atoms with E-state index in [1.54, 1.807) is 0 Å². The number of anilines is 1. The number of aryl methyl sites for hydroxylation is 1. The zero-order valence-corrected chi connectivity index (χ0v) is 11.6. The topological polar surface area (TPSA) is 41.5 Å². The van der Waals surface area contributed by atoms with Crippen LogP contribution in [0.1, 0.15) is 17.5 Å². The Labute approximate surface area is 119 Å². The van der Waals surface area contributed by atoms with Gasteiger partial charge in [-0.2, -0.15) is 0 Å². The van der Waals surface area contributed by atoms with E-state index in [1.165, 1.54) is 5.56 Å². The van der Waals surface area contributed by atoms with Crippen LogP contribution in [0.3, 0.4) is 0 Å². The second-order valence-electron chi connectivity index (χ2n) is 5.33. The highest BCUT2D eigenvalue weighted by molar-refractivity contribution is 5.52. The van der Waals surface area contributed by atoms with E-state index in [-0.39, 0.29) is 6.61 Å². The highest BCUT2D eigenvalue weighted by Crippen LogP contribution is 2.39. The second kappa shape index (κ2) is 5.17. The molecule has 1 aliphatic rings. The molecular weight excluding hydrogens is 250 g/mol. The van der Waals surface area contributed by atoms with Gasteiger partial charge < -0.3 is 15.2 Å². The van der Waals surface area contributed by atoms with Gasteiger partial charge in [-0.05, 0) is 25.1 Å². The Bertz CT molecular complexity index is 594. The molecular formula is C17H19NO2. The maximum atomic E-state index is 9.99. The van der Waals surface area contributed by atoms with Crippen LogP contribution in [-0.4, -0.2) is 18.3 Å². The molecule has 0 saturated heterocycles. The van der Waals surface area contributed by atoms with E-state index in [9.17, 15) is 5.11 Å². The largest absolute Gasteiger partial charge is 0.493 e. The van der Waals surface area contributed by atoms with Gasteiger partial charge in [0.05, 0.1) is 18.8 Å². The lowest BCUT2D eigenvalue weighted by molar-refractivity contribution is 0.152. The lowest BCUT2D eigenvalue weighted by Crippen LogP contribution is -2.43. The molecule has 0 saturated carbocycles.